The number of nitrogens with one attached hydrogen (secondary N) is 1. The van der Waals surface area contributed by atoms with Crippen molar-refractivity contribution in [1.82, 2.24) is 10.3 Å². The fourth-order valence-corrected chi connectivity index (χ4v) is 5.09. The third-order valence-electron chi connectivity index (χ3n) is 5.78. The number of halogens is 1. The van der Waals surface area contributed by atoms with E-state index in [1.54, 1.807) is 13.0 Å². The maximum absolute atomic E-state index is 14.0. The number of pyridine rings is 1. The molecule has 3 atom stereocenters. The summed E-state index contributed by atoms with van der Waals surface area (Å²) in [5.74, 6) is -2.43. The summed E-state index contributed by atoms with van der Waals surface area (Å²) >= 11 is 1.50. The lowest BCUT2D eigenvalue weighted by Gasteiger charge is -2.27. The standard InChI is InChI=1S/C29H31FN2O6S/c1-6-20-16-21(30)12-13-23(20)27(39-22-10-8-7-9-11-22)18(3)37-29(35)17(2)32-28(34)25-26(38-19(4)33)24(36-5)14-15-31-25/h7-18,27H,6H2,1-5H3,(H,32,34)/t17-,18-,27-/m0/s1. The highest BCUT2D eigenvalue weighted by molar-refractivity contribution is 7.99. The Kier molecular flexibility index (Phi) is 10.4. The van der Waals surface area contributed by atoms with Crippen molar-refractivity contribution < 1.29 is 33.0 Å². The third kappa shape index (κ3) is 7.79. The van der Waals surface area contributed by atoms with Crippen molar-refractivity contribution >= 4 is 29.6 Å². The number of carbonyl (C=O) groups is 3. The SMILES string of the molecule is CCc1cc(F)ccc1[C@@H](Sc1ccccc1)[C@H](C)OC(=O)[C@H](C)NC(=O)c1nccc(OC)c1OC(C)=O. The van der Waals surface area contributed by atoms with Gasteiger partial charge in [-0.2, -0.15) is 0 Å². The Hall–Kier alpha value is -3.92. The third-order valence-corrected chi connectivity index (χ3v) is 7.21. The summed E-state index contributed by atoms with van der Waals surface area (Å²) in [5, 5.41) is 2.20. The van der Waals surface area contributed by atoms with Crippen molar-refractivity contribution in [1.29, 1.82) is 0 Å². The first kappa shape index (κ1) is 29.6. The molecule has 0 saturated heterocycles. The molecule has 1 amide bonds. The lowest BCUT2D eigenvalue weighted by Crippen LogP contribution is -2.41. The molecule has 0 radical (unpaired) electrons. The second kappa shape index (κ2) is 13.7. The van der Waals surface area contributed by atoms with Crippen molar-refractivity contribution in [3.63, 3.8) is 0 Å². The van der Waals surface area contributed by atoms with Gasteiger partial charge < -0.3 is 19.5 Å². The van der Waals surface area contributed by atoms with Crippen molar-refractivity contribution in [3.8, 4) is 11.5 Å². The van der Waals surface area contributed by atoms with Gasteiger partial charge in [0.2, 0.25) is 5.75 Å². The molecule has 1 heterocycles. The molecule has 1 aromatic heterocycles. The van der Waals surface area contributed by atoms with Crippen LogP contribution in [0.25, 0.3) is 0 Å². The molecule has 39 heavy (non-hydrogen) atoms. The molecule has 0 bridgehead atoms. The maximum atomic E-state index is 14.0. The normalized spacial score (nSPS) is 13.1. The molecular weight excluding hydrogens is 523 g/mol. The van der Waals surface area contributed by atoms with E-state index in [9.17, 15) is 18.8 Å². The molecule has 0 aliphatic heterocycles. The second-order valence-corrected chi connectivity index (χ2v) is 9.88. The van der Waals surface area contributed by atoms with E-state index >= 15 is 0 Å². The number of rotatable bonds is 11. The van der Waals surface area contributed by atoms with E-state index in [0.29, 0.717) is 6.42 Å². The number of hydrogen-bond donors (Lipinski definition) is 1. The van der Waals surface area contributed by atoms with E-state index in [1.165, 1.54) is 57.1 Å². The number of benzene rings is 2. The van der Waals surface area contributed by atoms with Crippen LogP contribution in [0.2, 0.25) is 0 Å². The fraction of sp³-hybridized carbons (Fsp3) is 0.310. The van der Waals surface area contributed by atoms with Crippen LogP contribution in [-0.2, 0) is 20.7 Å². The van der Waals surface area contributed by atoms with Crippen LogP contribution < -0.4 is 14.8 Å². The smallest absolute Gasteiger partial charge is 0.328 e. The van der Waals surface area contributed by atoms with E-state index in [0.717, 1.165) is 16.0 Å². The molecule has 0 unspecified atom stereocenters. The highest BCUT2D eigenvalue weighted by atomic mass is 32.2. The quantitative estimate of drug-likeness (QED) is 0.252. The van der Waals surface area contributed by atoms with Crippen LogP contribution in [0.1, 0.15) is 54.6 Å². The lowest BCUT2D eigenvalue weighted by molar-refractivity contribution is -0.150. The Bertz CT molecular complexity index is 1320. The number of methoxy groups -OCH3 is 1. The van der Waals surface area contributed by atoms with Gasteiger partial charge in [-0.15, -0.1) is 11.8 Å². The first-order chi connectivity index (χ1) is 18.6. The molecule has 0 spiro atoms. The van der Waals surface area contributed by atoms with E-state index in [2.05, 4.69) is 10.3 Å². The maximum Gasteiger partial charge on any atom is 0.328 e. The molecule has 3 aromatic rings. The van der Waals surface area contributed by atoms with Gasteiger partial charge in [-0.05, 0) is 55.7 Å². The van der Waals surface area contributed by atoms with Gasteiger partial charge in [-0.1, -0.05) is 31.2 Å². The summed E-state index contributed by atoms with van der Waals surface area (Å²) < 4.78 is 30.1. The Labute approximate surface area is 231 Å². The van der Waals surface area contributed by atoms with Gasteiger partial charge in [-0.25, -0.2) is 14.2 Å². The van der Waals surface area contributed by atoms with Crippen LogP contribution in [0.3, 0.4) is 0 Å². The minimum atomic E-state index is -1.06. The number of thioether (sulfide) groups is 1. The molecule has 3 rings (SSSR count). The monoisotopic (exact) mass is 554 g/mol. The molecule has 1 N–H and O–H groups in total. The number of ether oxygens (including phenoxy) is 3. The minimum Gasteiger partial charge on any atom is -0.493 e. The second-order valence-electron chi connectivity index (χ2n) is 8.67. The molecule has 0 aliphatic rings. The van der Waals surface area contributed by atoms with Crippen LogP contribution in [-0.4, -0.2) is 42.1 Å². The van der Waals surface area contributed by atoms with Crippen molar-refractivity contribution in [3.05, 3.63) is 83.4 Å². The molecule has 2 aromatic carbocycles. The van der Waals surface area contributed by atoms with Crippen molar-refractivity contribution in [2.24, 2.45) is 0 Å². The number of carbonyl (C=O) groups excluding carboxylic acids is 3. The van der Waals surface area contributed by atoms with Crippen LogP contribution in [0.5, 0.6) is 11.5 Å². The molecule has 206 valence electrons. The molecular formula is C29H31FN2O6S. The highest BCUT2D eigenvalue weighted by Gasteiger charge is 2.30. The lowest BCUT2D eigenvalue weighted by atomic mass is 9.99. The summed E-state index contributed by atoms with van der Waals surface area (Å²) in [6.07, 6.45) is 1.29. The van der Waals surface area contributed by atoms with Gasteiger partial charge in [0.05, 0.1) is 12.4 Å². The van der Waals surface area contributed by atoms with Gasteiger partial charge >= 0.3 is 11.9 Å². The van der Waals surface area contributed by atoms with Crippen LogP contribution in [0, 0.1) is 5.82 Å². The van der Waals surface area contributed by atoms with Crippen LogP contribution in [0.4, 0.5) is 4.39 Å². The number of nitrogens with zero attached hydrogens (tertiary/aromatic N) is 1. The van der Waals surface area contributed by atoms with Gasteiger partial charge in [0.25, 0.3) is 5.91 Å². The number of hydrogen-bond acceptors (Lipinski definition) is 8. The summed E-state index contributed by atoms with van der Waals surface area (Å²) in [6.45, 7) is 6.36. The van der Waals surface area contributed by atoms with E-state index < -0.39 is 30.0 Å². The summed E-state index contributed by atoms with van der Waals surface area (Å²) in [7, 11) is 1.36. The van der Waals surface area contributed by atoms with E-state index in [-0.39, 0.29) is 28.3 Å². The van der Waals surface area contributed by atoms with Crippen molar-refractivity contribution in [2.75, 3.05) is 7.11 Å². The van der Waals surface area contributed by atoms with Crippen molar-refractivity contribution in [2.45, 2.75) is 56.4 Å². The molecule has 0 saturated carbocycles. The van der Waals surface area contributed by atoms with Gasteiger partial charge in [0.15, 0.2) is 11.4 Å². The minimum absolute atomic E-state index is 0.140. The van der Waals surface area contributed by atoms with E-state index in [1.807, 2.05) is 37.3 Å². The summed E-state index contributed by atoms with van der Waals surface area (Å²) in [4.78, 5) is 42.5. The average molecular weight is 555 g/mol. The van der Waals surface area contributed by atoms with Gasteiger partial charge in [-0.3, -0.25) is 9.59 Å². The zero-order valence-corrected chi connectivity index (χ0v) is 23.2. The molecule has 0 fully saturated rings. The fourth-order valence-electron chi connectivity index (χ4n) is 3.88. The molecule has 8 nitrogen and oxygen atoms in total. The zero-order chi connectivity index (χ0) is 28.5. The topological polar surface area (TPSA) is 104 Å². The average Bonchev–Trinajstić information content (AvgIpc) is 2.92. The first-order valence-electron chi connectivity index (χ1n) is 12.4. The van der Waals surface area contributed by atoms with Gasteiger partial charge in [0.1, 0.15) is 18.0 Å². The van der Waals surface area contributed by atoms with Gasteiger partial charge in [0, 0.05) is 24.1 Å². The predicted octanol–water partition coefficient (Wildman–Crippen LogP) is 5.30. The molecule has 10 heteroatoms. The number of esters is 2. The Morgan fingerprint density at radius 1 is 1.08 bits per heavy atom. The van der Waals surface area contributed by atoms with Crippen LogP contribution in [0.15, 0.2) is 65.7 Å². The Balaban J connectivity index is 1.80. The first-order valence-corrected chi connectivity index (χ1v) is 13.2. The summed E-state index contributed by atoms with van der Waals surface area (Å²) in [6, 6.07) is 14.6. The summed E-state index contributed by atoms with van der Waals surface area (Å²) in [5.41, 5.74) is 1.46. The number of aromatic nitrogens is 1. The number of aryl methyl sites for hydroxylation is 1. The predicted molar refractivity (Wildman–Crippen MR) is 145 cm³/mol. The molecule has 0 aliphatic carbocycles. The largest absolute Gasteiger partial charge is 0.493 e. The Morgan fingerprint density at radius 2 is 1.79 bits per heavy atom. The highest BCUT2D eigenvalue weighted by Crippen LogP contribution is 2.41. The zero-order valence-electron chi connectivity index (χ0n) is 22.4. The van der Waals surface area contributed by atoms with E-state index in [4.69, 9.17) is 14.2 Å². The Morgan fingerprint density at radius 3 is 2.44 bits per heavy atom. The number of amides is 1. The van der Waals surface area contributed by atoms with Crippen LogP contribution >= 0.6 is 11.8 Å².